The molecule has 0 aromatic rings. The second kappa shape index (κ2) is 20.6. The fourth-order valence-electron chi connectivity index (χ4n) is 2.52. The van der Waals surface area contributed by atoms with Gasteiger partial charge in [0, 0.05) is 0 Å². The van der Waals surface area contributed by atoms with E-state index >= 15 is 0 Å². The Balaban J connectivity index is 0. The predicted octanol–water partition coefficient (Wildman–Crippen LogP) is 6.24. The van der Waals surface area contributed by atoms with E-state index in [4.69, 9.17) is 5.73 Å². The number of hydrogen-bond acceptors (Lipinski definition) is 1. The lowest BCUT2D eigenvalue weighted by Crippen LogP contribution is -1.97. The topological polar surface area (TPSA) is 26.0 Å². The van der Waals surface area contributed by atoms with Gasteiger partial charge in [0.2, 0.25) is 0 Å². The largest absolute Gasteiger partial charge is 0.330 e. The lowest BCUT2D eigenvalue weighted by atomic mass is 10.0. The molecule has 0 amide bonds. The van der Waals surface area contributed by atoms with Gasteiger partial charge in [0.1, 0.15) is 0 Å². The van der Waals surface area contributed by atoms with E-state index in [0.29, 0.717) is 0 Å². The van der Waals surface area contributed by atoms with Crippen LogP contribution in [0.1, 0.15) is 103 Å². The Bertz CT molecular complexity index is 123. The van der Waals surface area contributed by atoms with Gasteiger partial charge in [-0.1, -0.05) is 96.8 Å². The lowest BCUT2D eigenvalue weighted by Gasteiger charge is -2.03. The average molecular weight is 292 g/mol. The van der Waals surface area contributed by atoms with E-state index in [9.17, 15) is 0 Å². The third-order valence-corrected chi connectivity index (χ3v) is 3.81. The molecule has 0 spiro atoms. The fourth-order valence-corrected chi connectivity index (χ4v) is 2.52. The summed E-state index contributed by atoms with van der Waals surface area (Å²) in [5.74, 6) is 0. The van der Waals surface area contributed by atoms with Crippen LogP contribution in [0.5, 0.6) is 0 Å². The minimum atomic E-state index is 0. The van der Waals surface area contributed by atoms with Gasteiger partial charge in [-0.05, 0) is 13.0 Å². The van der Waals surface area contributed by atoms with Crippen molar-refractivity contribution in [2.45, 2.75) is 103 Å². The fraction of sp³-hybridized carbons (Fsp3) is 1.00. The molecule has 0 unspecified atom stereocenters. The van der Waals surface area contributed by atoms with E-state index < -0.39 is 0 Å². The maximum Gasteiger partial charge on any atom is -0.00773 e. The molecule has 0 aromatic heterocycles. The van der Waals surface area contributed by atoms with Crippen molar-refractivity contribution in [1.29, 1.82) is 0 Å². The standard InChI is InChI=1S/C17H37N.ClH/c1-2-3-4-5-6-7-8-9-10-11-12-13-14-15-16-17-18;/h2-18H2,1H3;1H. The maximum atomic E-state index is 5.48. The Morgan fingerprint density at radius 1 is 0.474 bits per heavy atom. The molecule has 0 heterocycles. The van der Waals surface area contributed by atoms with Gasteiger partial charge in [-0.2, -0.15) is 0 Å². The Labute approximate surface area is 128 Å². The number of unbranched alkanes of at least 4 members (excludes halogenated alkanes) is 14. The predicted molar refractivity (Wildman–Crippen MR) is 91.2 cm³/mol. The molecular formula is C17H38ClN. The van der Waals surface area contributed by atoms with Crippen molar-refractivity contribution in [3.8, 4) is 0 Å². The van der Waals surface area contributed by atoms with Crippen molar-refractivity contribution in [2.75, 3.05) is 6.54 Å². The SMILES string of the molecule is CCCCCCCCCCCCCCCCCN.Cl. The third kappa shape index (κ3) is 20.7. The maximum absolute atomic E-state index is 5.48. The molecule has 0 bridgehead atoms. The molecule has 2 N–H and O–H groups in total. The van der Waals surface area contributed by atoms with Gasteiger partial charge in [0.25, 0.3) is 0 Å². The van der Waals surface area contributed by atoms with Crippen LogP contribution >= 0.6 is 12.4 Å². The Morgan fingerprint density at radius 3 is 1.00 bits per heavy atom. The molecule has 2 heteroatoms. The van der Waals surface area contributed by atoms with Crippen LogP contribution in [0.4, 0.5) is 0 Å². The van der Waals surface area contributed by atoms with Crippen LogP contribution < -0.4 is 5.73 Å². The van der Waals surface area contributed by atoms with Gasteiger partial charge < -0.3 is 5.73 Å². The molecular weight excluding hydrogens is 254 g/mol. The number of rotatable bonds is 15. The van der Waals surface area contributed by atoms with Crippen LogP contribution in [0, 0.1) is 0 Å². The Kier molecular flexibility index (Phi) is 23.3. The van der Waals surface area contributed by atoms with Crippen LogP contribution in [-0.4, -0.2) is 6.54 Å². The van der Waals surface area contributed by atoms with E-state index in [1.807, 2.05) is 0 Å². The molecule has 0 rings (SSSR count). The summed E-state index contributed by atoms with van der Waals surface area (Å²) in [4.78, 5) is 0. The highest BCUT2D eigenvalue weighted by Crippen LogP contribution is 2.13. The molecule has 1 nitrogen and oxygen atoms in total. The number of halogens is 1. The summed E-state index contributed by atoms with van der Waals surface area (Å²) in [6, 6.07) is 0. The summed E-state index contributed by atoms with van der Waals surface area (Å²) < 4.78 is 0. The molecule has 0 fully saturated rings. The number of nitrogens with two attached hydrogens (primary N) is 1. The third-order valence-electron chi connectivity index (χ3n) is 3.81. The molecule has 0 aliphatic heterocycles. The highest BCUT2D eigenvalue weighted by molar-refractivity contribution is 5.85. The first-order valence-electron chi connectivity index (χ1n) is 8.62. The van der Waals surface area contributed by atoms with Crippen LogP contribution in [0.3, 0.4) is 0 Å². The summed E-state index contributed by atoms with van der Waals surface area (Å²) in [6.07, 6.45) is 21.4. The van der Waals surface area contributed by atoms with E-state index in [0.717, 1.165) is 6.54 Å². The quantitative estimate of drug-likeness (QED) is 0.355. The van der Waals surface area contributed by atoms with Gasteiger partial charge in [-0.3, -0.25) is 0 Å². The minimum Gasteiger partial charge on any atom is -0.330 e. The lowest BCUT2D eigenvalue weighted by molar-refractivity contribution is 0.533. The summed E-state index contributed by atoms with van der Waals surface area (Å²) in [7, 11) is 0. The van der Waals surface area contributed by atoms with Crippen molar-refractivity contribution in [3.05, 3.63) is 0 Å². The first-order chi connectivity index (χ1) is 8.91. The Morgan fingerprint density at radius 2 is 0.737 bits per heavy atom. The van der Waals surface area contributed by atoms with E-state index in [1.165, 1.54) is 96.3 Å². The molecule has 0 aliphatic rings. The molecule has 0 radical (unpaired) electrons. The van der Waals surface area contributed by atoms with E-state index in [-0.39, 0.29) is 12.4 Å². The van der Waals surface area contributed by atoms with Crippen molar-refractivity contribution in [3.63, 3.8) is 0 Å². The Hall–Kier alpha value is 0.250. The normalized spacial score (nSPS) is 10.4. The monoisotopic (exact) mass is 291 g/mol. The van der Waals surface area contributed by atoms with Crippen molar-refractivity contribution >= 4 is 12.4 Å². The van der Waals surface area contributed by atoms with Gasteiger partial charge in [0.05, 0.1) is 0 Å². The highest BCUT2D eigenvalue weighted by atomic mass is 35.5. The summed E-state index contributed by atoms with van der Waals surface area (Å²) in [5.41, 5.74) is 5.48. The first kappa shape index (κ1) is 21.5. The zero-order chi connectivity index (χ0) is 13.3. The minimum absolute atomic E-state index is 0. The van der Waals surface area contributed by atoms with Crippen LogP contribution in [-0.2, 0) is 0 Å². The summed E-state index contributed by atoms with van der Waals surface area (Å²) in [6.45, 7) is 3.16. The molecule has 0 saturated heterocycles. The molecule has 0 aliphatic carbocycles. The van der Waals surface area contributed by atoms with Gasteiger partial charge >= 0.3 is 0 Å². The molecule has 118 valence electrons. The number of hydrogen-bond donors (Lipinski definition) is 1. The van der Waals surface area contributed by atoms with Crippen LogP contribution in [0.25, 0.3) is 0 Å². The first-order valence-corrected chi connectivity index (χ1v) is 8.62. The van der Waals surface area contributed by atoms with Crippen LogP contribution in [0.15, 0.2) is 0 Å². The zero-order valence-electron chi connectivity index (χ0n) is 13.3. The van der Waals surface area contributed by atoms with Gasteiger partial charge in [-0.15, -0.1) is 12.4 Å². The summed E-state index contributed by atoms with van der Waals surface area (Å²) in [5, 5.41) is 0. The second-order valence-corrected chi connectivity index (χ2v) is 5.74. The van der Waals surface area contributed by atoms with E-state index in [1.54, 1.807) is 0 Å². The van der Waals surface area contributed by atoms with Gasteiger partial charge in [0.15, 0.2) is 0 Å². The van der Waals surface area contributed by atoms with Gasteiger partial charge in [-0.25, -0.2) is 0 Å². The molecule has 19 heavy (non-hydrogen) atoms. The van der Waals surface area contributed by atoms with Crippen molar-refractivity contribution in [1.82, 2.24) is 0 Å². The van der Waals surface area contributed by atoms with E-state index in [2.05, 4.69) is 6.92 Å². The van der Waals surface area contributed by atoms with Crippen molar-refractivity contribution in [2.24, 2.45) is 5.73 Å². The van der Waals surface area contributed by atoms with Crippen molar-refractivity contribution < 1.29 is 0 Å². The molecule has 0 atom stereocenters. The average Bonchev–Trinajstić information content (AvgIpc) is 2.39. The molecule has 0 aromatic carbocycles. The zero-order valence-corrected chi connectivity index (χ0v) is 14.1. The smallest absolute Gasteiger partial charge is 0.00773 e. The van der Waals surface area contributed by atoms with Crippen LogP contribution in [0.2, 0.25) is 0 Å². The highest BCUT2D eigenvalue weighted by Gasteiger charge is 1.93. The second-order valence-electron chi connectivity index (χ2n) is 5.74. The molecule has 0 saturated carbocycles. The summed E-state index contributed by atoms with van der Waals surface area (Å²) >= 11 is 0.